The summed E-state index contributed by atoms with van der Waals surface area (Å²) in [6, 6.07) is 10.1. The number of rotatable bonds is 6. The summed E-state index contributed by atoms with van der Waals surface area (Å²) in [5.41, 5.74) is 8.83. The molecule has 0 bridgehead atoms. The van der Waals surface area contributed by atoms with Crippen molar-refractivity contribution in [2.24, 2.45) is 11.7 Å². The minimum Gasteiger partial charge on any atom is -0.329 e. The minimum atomic E-state index is 0.354. The molecule has 1 aromatic carbocycles. The van der Waals surface area contributed by atoms with Crippen LogP contribution >= 0.6 is 11.8 Å². The molecule has 0 spiro atoms. The highest BCUT2D eigenvalue weighted by Gasteiger charge is 2.26. The lowest BCUT2D eigenvalue weighted by atomic mass is 9.98. The lowest BCUT2D eigenvalue weighted by Gasteiger charge is -2.32. The van der Waals surface area contributed by atoms with Gasteiger partial charge in [0.1, 0.15) is 0 Å². The van der Waals surface area contributed by atoms with Crippen LogP contribution in [0.25, 0.3) is 0 Å². The van der Waals surface area contributed by atoms with Crippen LogP contribution in [0.4, 0.5) is 0 Å². The second kappa shape index (κ2) is 7.48. The van der Waals surface area contributed by atoms with Crippen molar-refractivity contribution < 1.29 is 0 Å². The second-order valence-corrected chi connectivity index (χ2v) is 7.42. The van der Waals surface area contributed by atoms with E-state index in [0.29, 0.717) is 24.5 Å². The summed E-state index contributed by atoms with van der Waals surface area (Å²) >= 11 is 2.06. The molecule has 1 heterocycles. The summed E-state index contributed by atoms with van der Waals surface area (Å²) in [5, 5.41) is 0. The van der Waals surface area contributed by atoms with Gasteiger partial charge in [-0.3, -0.25) is 4.90 Å². The maximum atomic E-state index is 6.04. The van der Waals surface area contributed by atoms with Crippen molar-refractivity contribution in [3.8, 4) is 0 Å². The van der Waals surface area contributed by atoms with Crippen LogP contribution in [0.3, 0.4) is 0 Å². The zero-order valence-electron chi connectivity index (χ0n) is 13.0. The van der Waals surface area contributed by atoms with Gasteiger partial charge in [-0.1, -0.05) is 38.1 Å². The summed E-state index contributed by atoms with van der Waals surface area (Å²) in [7, 11) is 2.23. The van der Waals surface area contributed by atoms with E-state index in [4.69, 9.17) is 5.73 Å². The summed E-state index contributed by atoms with van der Waals surface area (Å²) in [6.45, 7) is 5.23. The second-order valence-electron chi connectivity index (χ2n) is 6.27. The molecule has 0 aromatic heterocycles. The number of nitrogens with zero attached hydrogens (tertiary/aromatic N) is 1. The summed E-state index contributed by atoms with van der Waals surface area (Å²) < 4.78 is 0. The van der Waals surface area contributed by atoms with Crippen LogP contribution in [-0.2, 0) is 6.42 Å². The van der Waals surface area contributed by atoms with E-state index >= 15 is 0 Å². The molecule has 3 heteroatoms. The molecule has 1 aliphatic heterocycles. The van der Waals surface area contributed by atoms with E-state index in [1.54, 1.807) is 0 Å². The maximum Gasteiger partial charge on any atom is 0.0470 e. The van der Waals surface area contributed by atoms with Gasteiger partial charge in [-0.15, -0.1) is 0 Å². The van der Waals surface area contributed by atoms with Gasteiger partial charge in [0, 0.05) is 24.4 Å². The van der Waals surface area contributed by atoms with E-state index in [1.165, 1.54) is 29.1 Å². The van der Waals surface area contributed by atoms with E-state index in [0.717, 1.165) is 6.42 Å². The molecule has 0 radical (unpaired) electrons. The van der Waals surface area contributed by atoms with E-state index in [1.807, 2.05) is 0 Å². The van der Waals surface area contributed by atoms with E-state index in [2.05, 4.69) is 61.8 Å². The highest BCUT2D eigenvalue weighted by molar-refractivity contribution is 7.99. The van der Waals surface area contributed by atoms with Crippen LogP contribution in [0, 0.1) is 5.92 Å². The third-order valence-electron chi connectivity index (χ3n) is 4.20. The number of likely N-dealkylation sites (N-methyl/N-ethyl adjacent to an activating group) is 1. The number of nitrogens with two attached hydrogens (primary N) is 1. The Morgan fingerprint density at radius 3 is 2.50 bits per heavy atom. The van der Waals surface area contributed by atoms with E-state index < -0.39 is 0 Å². The van der Waals surface area contributed by atoms with Gasteiger partial charge in [-0.2, -0.15) is 11.8 Å². The Kier molecular flexibility index (Phi) is 5.94. The standard InChI is InChI=1S/C17H28N2S/c1-13(2)10-14-4-6-15(7-5-14)17(11-18)19(3)16-8-9-20-12-16/h4-7,13,16-17H,8-12,18H2,1-3H3. The van der Waals surface area contributed by atoms with Crippen molar-refractivity contribution in [3.05, 3.63) is 35.4 Å². The van der Waals surface area contributed by atoms with Crippen LogP contribution in [0.5, 0.6) is 0 Å². The third-order valence-corrected chi connectivity index (χ3v) is 5.35. The lowest BCUT2D eigenvalue weighted by molar-refractivity contribution is 0.193. The molecular formula is C17H28N2S. The molecule has 2 unspecified atom stereocenters. The van der Waals surface area contributed by atoms with Crippen molar-refractivity contribution >= 4 is 11.8 Å². The molecule has 1 aromatic rings. The van der Waals surface area contributed by atoms with Gasteiger partial charge >= 0.3 is 0 Å². The molecule has 1 fully saturated rings. The quantitative estimate of drug-likeness (QED) is 0.872. The largest absolute Gasteiger partial charge is 0.329 e. The zero-order valence-corrected chi connectivity index (χ0v) is 13.8. The number of hydrogen-bond acceptors (Lipinski definition) is 3. The van der Waals surface area contributed by atoms with Crippen LogP contribution in [0.1, 0.15) is 37.4 Å². The minimum absolute atomic E-state index is 0.354. The van der Waals surface area contributed by atoms with Gasteiger partial charge in [0.05, 0.1) is 0 Å². The zero-order chi connectivity index (χ0) is 14.5. The van der Waals surface area contributed by atoms with Crippen molar-refractivity contribution in [2.45, 2.75) is 38.8 Å². The summed E-state index contributed by atoms with van der Waals surface area (Å²) in [5.74, 6) is 3.25. The molecule has 0 saturated carbocycles. The number of thioether (sulfide) groups is 1. The van der Waals surface area contributed by atoms with Gasteiger partial charge in [0.2, 0.25) is 0 Å². The van der Waals surface area contributed by atoms with Gasteiger partial charge in [-0.05, 0) is 42.7 Å². The van der Waals surface area contributed by atoms with Gasteiger partial charge in [0.15, 0.2) is 0 Å². The molecule has 0 amide bonds. The van der Waals surface area contributed by atoms with Crippen LogP contribution in [0.15, 0.2) is 24.3 Å². The first-order valence-corrected chi connectivity index (χ1v) is 8.86. The molecule has 20 heavy (non-hydrogen) atoms. The van der Waals surface area contributed by atoms with Crippen LogP contribution in [-0.4, -0.2) is 36.0 Å². The fourth-order valence-corrected chi connectivity index (χ4v) is 4.26. The molecule has 2 rings (SSSR count). The molecule has 2 nitrogen and oxygen atoms in total. The molecule has 112 valence electrons. The van der Waals surface area contributed by atoms with Crippen LogP contribution in [0.2, 0.25) is 0 Å². The van der Waals surface area contributed by atoms with Gasteiger partial charge in [-0.25, -0.2) is 0 Å². The molecule has 1 saturated heterocycles. The molecule has 2 N–H and O–H groups in total. The smallest absolute Gasteiger partial charge is 0.0470 e. The predicted molar refractivity (Wildman–Crippen MR) is 90.3 cm³/mol. The average Bonchev–Trinajstić information content (AvgIpc) is 2.94. The third kappa shape index (κ3) is 4.00. The topological polar surface area (TPSA) is 29.3 Å². The Hall–Kier alpha value is -0.510. The maximum absolute atomic E-state index is 6.04. The Morgan fingerprint density at radius 2 is 2.00 bits per heavy atom. The van der Waals surface area contributed by atoms with Crippen molar-refractivity contribution in [3.63, 3.8) is 0 Å². The first-order chi connectivity index (χ1) is 9.61. The highest BCUT2D eigenvalue weighted by Crippen LogP contribution is 2.28. The monoisotopic (exact) mass is 292 g/mol. The summed E-state index contributed by atoms with van der Waals surface area (Å²) in [6.07, 6.45) is 2.45. The Bertz CT molecular complexity index is 396. The van der Waals surface area contributed by atoms with E-state index in [-0.39, 0.29) is 0 Å². The fourth-order valence-electron chi connectivity index (χ4n) is 2.98. The van der Waals surface area contributed by atoms with Crippen LogP contribution < -0.4 is 5.73 Å². The summed E-state index contributed by atoms with van der Waals surface area (Å²) in [4.78, 5) is 2.48. The van der Waals surface area contributed by atoms with Gasteiger partial charge < -0.3 is 5.73 Å². The number of hydrogen-bond donors (Lipinski definition) is 1. The number of benzene rings is 1. The Balaban J connectivity index is 2.06. The Morgan fingerprint density at radius 1 is 1.30 bits per heavy atom. The van der Waals surface area contributed by atoms with E-state index in [9.17, 15) is 0 Å². The molecule has 1 aliphatic rings. The average molecular weight is 292 g/mol. The van der Waals surface area contributed by atoms with Gasteiger partial charge in [0.25, 0.3) is 0 Å². The molecule has 2 atom stereocenters. The van der Waals surface area contributed by atoms with Crippen molar-refractivity contribution in [2.75, 3.05) is 25.1 Å². The predicted octanol–water partition coefficient (Wildman–Crippen LogP) is 3.32. The van der Waals surface area contributed by atoms with Crippen molar-refractivity contribution in [1.82, 2.24) is 4.90 Å². The normalized spacial score (nSPS) is 20.8. The first kappa shape index (κ1) is 15.9. The molecular weight excluding hydrogens is 264 g/mol. The first-order valence-electron chi connectivity index (χ1n) is 7.70. The fraction of sp³-hybridized carbons (Fsp3) is 0.647. The Labute approximate surface area is 128 Å². The highest BCUT2D eigenvalue weighted by atomic mass is 32.2. The van der Waals surface area contributed by atoms with Crippen molar-refractivity contribution in [1.29, 1.82) is 0 Å². The lowest BCUT2D eigenvalue weighted by Crippen LogP contribution is -2.38. The molecule has 0 aliphatic carbocycles. The SMILES string of the molecule is CC(C)Cc1ccc(C(CN)N(C)C2CCSC2)cc1.